The molecule has 1 aliphatic rings. The van der Waals surface area contributed by atoms with E-state index in [2.05, 4.69) is 121 Å². The lowest BCUT2D eigenvalue weighted by atomic mass is 9.70. The highest BCUT2D eigenvalue weighted by Gasteiger charge is 2.42. The minimum atomic E-state index is -0.280. The third-order valence-corrected chi connectivity index (χ3v) is 9.09. The molecule has 2 nitrogen and oxygen atoms in total. The largest absolute Gasteiger partial charge is 0.396 e. The van der Waals surface area contributed by atoms with Crippen molar-refractivity contribution in [1.29, 1.82) is 0 Å². The van der Waals surface area contributed by atoms with Gasteiger partial charge in [-0.3, -0.25) is 0 Å². The summed E-state index contributed by atoms with van der Waals surface area (Å²) in [6.45, 7) is 0.301. The first-order valence-electron chi connectivity index (χ1n) is 14.7. The van der Waals surface area contributed by atoms with Gasteiger partial charge in [0, 0.05) is 18.6 Å². The van der Waals surface area contributed by atoms with Crippen molar-refractivity contribution in [2.24, 2.45) is 0 Å². The SMILES string of the molecule is OCCCC1(CCCO)c2cc(-c3cccc4ccccc34)ccc2-c2ccc(-c3cccc4ccccc34)cc21. The lowest BCUT2D eigenvalue weighted by Crippen LogP contribution is -2.26. The molecule has 0 aliphatic heterocycles. The highest BCUT2D eigenvalue weighted by molar-refractivity contribution is 5.99. The molecular weight excluding hydrogens is 500 g/mol. The highest BCUT2D eigenvalue weighted by atomic mass is 16.3. The van der Waals surface area contributed by atoms with Crippen LogP contribution in [0.1, 0.15) is 36.8 Å². The number of hydrogen-bond donors (Lipinski definition) is 2. The van der Waals surface area contributed by atoms with Crippen molar-refractivity contribution in [3.8, 4) is 33.4 Å². The topological polar surface area (TPSA) is 40.5 Å². The van der Waals surface area contributed by atoms with Crippen LogP contribution in [0.25, 0.3) is 54.9 Å². The van der Waals surface area contributed by atoms with Gasteiger partial charge in [-0.25, -0.2) is 0 Å². The second-order valence-corrected chi connectivity index (χ2v) is 11.3. The van der Waals surface area contributed by atoms with E-state index in [0.717, 1.165) is 12.8 Å². The molecule has 0 atom stereocenters. The smallest absolute Gasteiger partial charge is 0.0431 e. The van der Waals surface area contributed by atoms with Gasteiger partial charge < -0.3 is 10.2 Å². The van der Waals surface area contributed by atoms with Gasteiger partial charge in [-0.2, -0.15) is 0 Å². The first-order valence-corrected chi connectivity index (χ1v) is 14.7. The molecule has 0 fully saturated rings. The normalized spacial score (nSPS) is 13.4. The van der Waals surface area contributed by atoms with Crippen molar-refractivity contribution in [2.45, 2.75) is 31.1 Å². The van der Waals surface area contributed by atoms with Gasteiger partial charge in [-0.15, -0.1) is 0 Å². The monoisotopic (exact) mass is 534 g/mol. The van der Waals surface area contributed by atoms with Gasteiger partial charge in [0.25, 0.3) is 0 Å². The van der Waals surface area contributed by atoms with Crippen LogP contribution in [0.3, 0.4) is 0 Å². The number of rotatable bonds is 8. The highest BCUT2D eigenvalue weighted by Crippen LogP contribution is 2.55. The first-order chi connectivity index (χ1) is 20.2. The Kier molecular flexibility index (Phi) is 6.66. The Morgan fingerprint density at radius 1 is 0.439 bits per heavy atom. The molecule has 0 spiro atoms. The van der Waals surface area contributed by atoms with Crippen LogP contribution < -0.4 is 0 Å². The lowest BCUT2D eigenvalue weighted by Gasteiger charge is -2.33. The average Bonchev–Trinajstić information content (AvgIpc) is 3.30. The van der Waals surface area contributed by atoms with Crippen molar-refractivity contribution in [2.75, 3.05) is 13.2 Å². The second-order valence-electron chi connectivity index (χ2n) is 11.3. The zero-order valence-electron chi connectivity index (χ0n) is 23.2. The van der Waals surface area contributed by atoms with Gasteiger partial charge in [0.05, 0.1) is 0 Å². The maximum atomic E-state index is 10.0. The summed E-state index contributed by atoms with van der Waals surface area (Å²) in [4.78, 5) is 0. The number of hydrogen-bond acceptors (Lipinski definition) is 2. The van der Waals surface area contributed by atoms with Crippen molar-refractivity contribution >= 4 is 21.5 Å². The van der Waals surface area contributed by atoms with Crippen LogP contribution in [0.15, 0.2) is 121 Å². The molecule has 0 saturated carbocycles. The first kappa shape index (κ1) is 25.7. The Labute approximate surface area is 241 Å². The molecule has 6 aromatic rings. The predicted molar refractivity (Wildman–Crippen MR) is 171 cm³/mol. The van der Waals surface area contributed by atoms with Gasteiger partial charge in [0.2, 0.25) is 0 Å². The fourth-order valence-corrected chi connectivity index (χ4v) is 7.21. The molecule has 0 aromatic heterocycles. The molecule has 0 radical (unpaired) electrons. The Morgan fingerprint density at radius 2 is 0.878 bits per heavy atom. The quantitative estimate of drug-likeness (QED) is 0.204. The van der Waals surface area contributed by atoms with Crippen molar-refractivity contribution in [3.05, 3.63) is 132 Å². The van der Waals surface area contributed by atoms with E-state index in [9.17, 15) is 10.2 Å². The minimum absolute atomic E-state index is 0.150. The summed E-state index contributed by atoms with van der Waals surface area (Å²) in [5.41, 5.74) is 9.77. The Morgan fingerprint density at radius 3 is 1.34 bits per heavy atom. The molecule has 1 aliphatic carbocycles. The maximum absolute atomic E-state index is 10.0. The van der Waals surface area contributed by atoms with E-state index in [1.54, 1.807) is 0 Å². The fraction of sp³-hybridized carbons (Fsp3) is 0.179. The van der Waals surface area contributed by atoms with Crippen molar-refractivity contribution in [3.63, 3.8) is 0 Å². The summed E-state index contributed by atoms with van der Waals surface area (Å²) < 4.78 is 0. The van der Waals surface area contributed by atoms with E-state index in [1.807, 2.05) is 0 Å². The molecule has 0 saturated heterocycles. The van der Waals surface area contributed by atoms with Crippen LogP contribution in [-0.2, 0) is 5.41 Å². The number of fused-ring (bicyclic) bond motifs is 5. The summed E-state index contributed by atoms with van der Waals surface area (Å²) in [5, 5.41) is 25.0. The molecule has 0 heterocycles. The average molecular weight is 535 g/mol. The lowest BCUT2D eigenvalue weighted by molar-refractivity contribution is 0.247. The number of aliphatic hydroxyl groups is 2. The van der Waals surface area contributed by atoms with Crippen LogP contribution in [-0.4, -0.2) is 23.4 Å². The van der Waals surface area contributed by atoms with E-state index in [0.29, 0.717) is 12.8 Å². The molecule has 41 heavy (non-hydrogen) atoms. The summed E-state index contributed by atoms with van der Waals surface area (Å²) in [6, 6.07) is 44.1. The van der Waals surface area contributed by atoms with E-state index in [1.165, 1.54) is 66.1 Å². The van der Waals surface area contributed by atoms with Gasteiger partial charge >= 0.3 is 0 Å². The summed E-state index contributed by atoms with van der Waals surface area (Å²) in [7, 11) is 0. The van der Waals surface area contributed by atoms with E-state index in [4.69, 9.17) is 0 Å². The van der Waals surface area contributed by atoms with Crippen LogP contribution in [0, 0.1) is 0 Å². The third kappa shape index (κ3) is 4.26. The van der Waals surface area contributed by atoms with Gasteiger partial charge in [0.15, 0.2) is 0 Å². The summed E-state index contributed by atoms with van der Waals surface area (Å²) in [5.74, 6) is 0. The molecule has 2 heteroatoms. The van der Waals surface area contributed by atoms with Gasteiger partial charge in [-0.1, -0.05) is 109 Å². The predicted octanol–water partition coefficient (Wildman–Crippen LogP) is 9.14. The Bertz CT molecular complexity index is 1730. The van der Waals surface area contributed by atoms with Gasteiger partial charge in [0.1, 0.15) is 0 Å². The molecule has 0 unspecified atom stereocenters. The van der Waals surface area contributed by atoms with Crippen molar-refractivity contribution < 1.29 is 10.2 Å². The summed E-state index contributed by atoms with van der Waals surface area (Å²) in [6.07, 6.45) is 3.09. The third-order valence-electron chi connectivity index (χ3n) is 9.09. The molecule has 6 aromatic carbocycles. The Balaban J connectivity index is 1.44. The molecule has 7 rings (SSSR count). The van der Waals surface area contributed by atoms with Crippen LogP contribution >= 0.6 is 0 Å². The number of benzene rings is 6. The van der Waals surface area contributed by atoms with Crippen molar-refractivity contribution in [1.82, 2.24) is 0 Å². The number of aliphatic hydroxyl groups excluding tert-OH is 2. The molecule has 202 valence electrons. The van der Waals surface area contributed by atoms with Crippen LogP contribution in [0.4, 0.5) is 0 Å². The Hall–Kier alpha value is -4.24. The van der Waals surface area contributed by atoms with Gasteiger partial charge in [-0.05, 0) is 104 Å². The fourth-order valence-electron chi connectivity index (χ4n) is 7.21. The zero-order valence-corrected chi connectivity index (χ0v) is 23.2. The minimum Gasteiger partial charge on any atom is -0.396 e. The van der Waals surface area contributed by atoms with Crippen LogP contribution in [0.5, 0.6) is 0 Å². The zero-order chi connectivity index (χ0) is 27.8. The van der Waals surface area contributed by atoms with E-state index >= 15 is 0 Å². The molecular formula is C39H34O2. The molecule has 2 N–H and O–H groups in total. The standard InChI is InChI=1S/C39H34O2/c40-23-7-21-39(22-8-24-41)37-25-29(33-15-5-11-27-9-1-3-13-31(27)33)17-19-35(37)36-20-18-30(26-38(36)39)34-16-6-12-28-10-2-4-14-32(28)34/h1-6,9-20,25-26,40-41H,7-8,21-24H2. The molecule has 0 bridgehead atoms. The molecule has 0 amide bonds. The second kappa shape index (κ2) is 10.6. The summed E-state index contributed by atoms with van der Waals surface area (Å²) >= 11 is 0. The van der Waals surface area contributed by atoms with Crippen LogP contribution in [0.2, 0.25) is 0 Å². The van der Waals surface area contributed by atoms with E-state index < -0.39 is 0 Å². The maximum Gasteiger partial charge on any atom is 0.0431 e. The van der Waals surface area contributed by atoms with E-state index in [-0.39, 0.29) is 18.6 Å².